The highest BCUT2D eigenvalue weighted by Crippen LogP contribution is 2.23. The number of fused-ring (bicyclic) bond motifs is 1. The molecule has 2 aromatic carbocycles. The molecule has 0 spiro atoms. The van der Waals surface area contributed by atoms with Crippen LogP contribution in [0.25, 0.3) is 10.2 Å². The predicted molar refractivity (Wildman–Crippen MR) is 98.1 cm³/mol. The monoisotopic (exact) mass is 375 g/mol. The fourth-order valence-electron chi connectivity index (χ4n) is 2.20. The van der Waals surface area contributed by atoms with Crippen LogP contribution in [0.3, 0.4) is 0 Å². The summed E-state index contributed by atoms with van der Waals surface area (Å²) in [6, 6.07) is 12.0. The number of hydrazine groups is 1. The van der Waals surface area contributed by atoms with Crippen molar-refractivity contribution in [3.63, 3.8) is 0 Å². The number of anilines is 1. The number of hydrogen-bond donors (Lipinski definition) is 3. The fraction of sp³-hybridized carbons (Fsp3) is 0.118. The van der Waals surface area contributed by atoms with Crippen molar-refractivity contribution in [1.82, 2.24) is 10.4 Å². The molecule has 0 aliphatic rings. The van der Waals surface area contributed by atoms with Crippen LogP contribution in [0.4, 0.5) is 5.69 Å². The quantitative estimate of drug-likeness (QED) is 0.571. The summed E-state index contributed by atoms with van der Waals surface area (Å²) in [6.45, 7) is 0. The molecule has 25 heavy (non-hydrogen) atoms. The number of aromatic nitrogens is 1. The lowest BCUT2D eigenvalue weighted by molar-refractivity contribution is -0.120. The molecule has 0 bridgehead atoms. The van der Waals surface area contributed by atoms with Crippen molar-refractivity contribution < 1.29 is 14.7 Å². The molecule has 1 amide bonds. The summed E-state index contributed by atoms with van der Waals surface area (Å²) in [7, 11) is 0. The zero-order chi connectivity index (χ0) is 17.8. The van der Waals surface area contributed by atoms with Crippen LogP contribution in [0.2, 0.25) is 5.02 Å². The third kappa shape index (κ3) is 4.26. The van der Waals surface area contributed by atoms with Gasteiger partial charge in [0.1, 0.15) is 0 Å². The molecule has 0 saturated heterocycles. The summed E-state index contributed by atoms with van der Waals surface area (Å²) in [6.07, 6.45) is 0.777. The van der Waals surface area contributed by atoms with Gasteiger partial charge in [-0.15, -0.1) is 11.3 Å². The lowest BCUT2D eigenvalue weighted by Gasteiger charge is -2.10. The summed E-state index contributed by atoms with van der Waals surface area (Å²) in [5.74, 6) is -1.31. The van der Waals surface area contributed by atoms with Gasteiger partial charge in [0, 0.05) is 12.8 Å². The van der Waals surface area contributed by atoms with Crippen molar-refractivity contribution >= 4 is 50.7 Å². The van der Waals surface area contributed by atoms with Gasteiger partial charge in [-0.25, -0.2) is 9.78 Å². The summed E-state index contributed by atoms with van der Waals surface area (Å²) in [4.78, 5) is 27.4. The number of aromatic carboxylic acids is 1. The summed E-state index contributed by atoms with van der Waals surface area (Å²) >= 11 is 7.55. The highest BCUT2D eigenvalue weighted by atomic mass is 35.5. The van der Waals surface area contributed by atoms with Gasteiger partial charge in [0.05, 0.1) is 31.5 Å². The van der Waals surface area contributed by atoms with Crippen LogP contribution in [-0.2, 0) is 11.2 Å². The third-order valence-corrected chi connectivity index (χ3v) is 4.88. The number of carboxylic acids is 1. The number of carbonyl (C=O) groups excluding carboxylic acids is 1. The lowest BCUT2D eigenvalue weighted by atomic mass is 10.2. The van der Waals surface area contributed by atoms with E-state index in [0.29, 0.717) is 17.1 Å². The molecule has 128 valence electrons. The van der Waals surface area contributed by atoms with Crippen molar-refractivity contribution in [2.75, 3.05) is 5.43 Å². The maximum absolute atomic E-state index is 12.0. The van der Waals surface area contributed by atoms with Gasteiger partial charge in [-0.3, -0.25) is 15.6 Å². The lowest BCUT2D eigenvalue weighted by Crippen LogP contribution is -2.29. The Bertz CT molecular complexity index is 909. The molecule has 0 unspecified atom stereocenters. The predicted octanol–water partition coefficient (Wildman–Crippen LogP) is 3.72. The Balaban J connectivity index is 1.56. The number of para-hydroxylation sites is 1. The Kier molecular flexibility index (Phi) is 5.16. The number of thiazole rings is 1. The molecule has 3 rings (SSSR count). The summed E-state index contributed by atoms with van der Waals surface area (Å²) in [5.41, 5.74) is 6.52. The topological polar surface area (TPSA) is 91.3 Å². The van der Waals surface area contributed by atoms with Crippen molar-refractivity contribution in [3.05, 3.63) is 58.1 Å². The first kappa shape index (κ1) is 17.2. The molecule has 3 N–H and O–H groups in total. The van der Waals surface area contributed by atoms with E-state index in [1.807, 2.05) is 24.3 Å². The Hall–Kier alpha value is -2.64. The fourth-order valence-corrected chi connectivity index (χ4v) is 3.33. The number of aryl methyl sites for hydroxylation is 1. The Morgan fingerprint density at radius 3 is 2.76 bits per heavy atom. The minimum Gasteiger partial charge on any atom is -0.478 e. The van der Waals surface area contributed by atoms with Crippen LogP contribution in [-0.4, -0.2) is 22.0 Å². The van der Waals surface area contributed by atoms with E-state index in [2.05, 4.69) is 15.8 Å². The molecule has 8 heteroatoms. The second-order valence-electron chi connectivity index (χ2n) is 5.25. The van der Waals surface area contributed by atoms with Crippen LogP contribution in [0.5, 0.6) is 0 Å². The molecular weight excluding hydrogens is 362 g/mol. The Morgan fingerprint density at radius 1 is 1.20 bits per heavy atom. The molecule has 0 atom stereocenters. The zero-order valence-electron chi connectivity index (χ0n) is 13.0. The number of nitrogens with zero attached hydrogens (tertiary/aromatic N) is 1. The molecule has 0 aliphatic carbocycles. The minimum absolute atomic E-state index is 0.0793. The van der Waals surface area contributed by atoms with Gasteiger partial charge in [0.2, 0.25) is 5.91 Å². The zero-order valence-corrected chi connectivity index (χ0v) is 14.5. The second-order valence-corrected chi connectivity index (χ2v) is 6.77. The van der Waals surface area contributed by atoms with Crippen LogP contribution < -0.4 is 10.9 Å². The first-order valence-corrected chi connectivity index (χ1v) is 8.64. The smallest absolute Gasteiger partial charge is 0.335 e. The van der Waals surface area contributed by atoms with E-state index in [-0.39, 0.29) is 17.9 Å². The standard InChI is InChI=1S/C17H14ClN3O3S/c18-11-6-5-10(17(23)24)9-13(11)20-21-15(22)7-8-16-19-12-3-1-2-4-14(12)25-16/h1-6,9,20H,7-8H2,(H,21,22)(H,23,24). The van der Waals surface area contributed by atoms with Crippen molar-refractivity contribution in [2.24, 2.45) is 0 Å². The normalized spacial score (nSPS) is 10.6. The number of nitrogens with one attached hydrogen (secondary N) is 2. The van der Waals surface area contributed by atoms with Crippen molar-refractivity contribution in [3.8, 4) is 0 Å². The molecule has 0 radical (unpaired) electrons. The van der Waals surface area contributed by atoms with Crippen LogP contribution >= 0.6 is 22.9 Å². The maximum Gasteiger partial charge on any atom is 0.335 e. The van der Waals surface area contributed by atoms with Crippen LogP contribution in [0.1, 0.15) is 21.8 Å². The van der Waals surface area contributed by atoms with E-state index in [1.54, 1.807) is 11.3 Å². The number of amides is 1. The number of carbonyl (C=O) groups is 2. The number of hydrogen-bond acceptors (Lipinski definition) is 5. The van der Waals surface area contributed by atoms with Crippen LogP contribution in [0.15, 0.2) is 42.5 Å². The maximum atomic E-state index is 12.0. The molecule has 0 saturated carbocycles. The average molecular weight is 376 g/mol. The van der Waals surface area contributed by atoms with E-state index in [0.717, 1.165) is 15.2 Å². The van der Waals surface area contributed by atoms with Crippen molar-refractivity contribution in [1.29, 1.82) is 0 Å². The molecular formula is C17H14ClN3O3S. The number of rotatable bonds is 6. The number of halogens is 1. The molecule has 6 nitrogen and oxygen atoms in total. The van der Waals surface area contributed by atoms with E-state index in [4.69, 9.17) is 16.7 Å². The highest BCUT2D eigenvalue weighted by Gasteiger charge is 2.10. The van der Waals surface area contributed by atoms with E-state index >= 15 is 0 Å². The van der Waals surface area contributed by atoms with Crippen LogP contribution in [0, 0.1) is 0 Å². The van der Waals surface area contributed by atoms with Gasteiger partial charge < -0.3 is 5.11 Å². The average Bonchev–Trinajstić information content (AvgIpc) is 3.02. The van der Waals surface area contributed by atoms with Gasteiger partial charge >= 0.3 is 5.97 Å². The Morgan fingerprint density at radius 2 is 2.00 bits per heavy atom. The number of carboxylic acid groups (broad SMARTS) is 1. The van der Waals surface area contributed by atoms with Crippen molar-refractivity contribution in [2.45, 2.75) is 12.8 Å². The molecule has 0 fully saturated rings. The van der Waals surface area contributed by atoms with Gasteiger partial charge in [0.15, 0.2) is 0 Å². The van der Waals surface area contributed by atoms with E-state index < -0.39 is 5.97 Å². The van der Waals surface area contributed by atoms with Gasteiger partial charge in [-0.2, -0.15) is 0 Å². The minimum atomic E-state index is -1.07. The van der Waals surface area contributed by atoms with Gasteiger partial charge in [-0.1, -0.05) is 23.7 Å². The molecule has 1 heterocycles. The van der Waals surface area contributed by atoms with E-state index in [9.17, 15) is 9.59 Å². The first-order chi connectivity index (χ1) is 12.0. The SMILES string of the molecule is O=C(CCc1nc2ccccc2s1)NNc1cc(C(=O)O)ccc1Cl. The molecule has 3 aromatic rings. The molecule has 0 aliphatic heterocycles. The Labute approximate surface area is 152 Å². The third-order valence-electron chi connectivity index (χ3n) is 3.45. The first-order valence-electron chi connectivity index (χ1n) is 7.45. The highest BCUT2D eigenvalue weighted by molar-refractivity contribution is 7.18. The van der Waals surface area contributed by atoms with Gasteiger partial charge in [-0.05, 0) is 30.3 Å². The van der Waals surface area contributed by atoms with E-state index in [1.165, 1.54) is 18.2 Å². The second kappa shape index (κ2) is 7.50. The summed E-state index contributed by atoms with van der Waals surface area (Å²) in [5, 5.41) is 10.2. The largest absolute Gasteiger partial charge is 0.478 e. The van der Waals surface area contributed by atoms with Gasteiger partial charge in [0.25, 0.3) is 0 Å². The number of benzene rings is 2. The summed E-state index contributed by atoms with van der Waals surface area (Å²) < 4.78 is 1.09. The molecule has 1 aromatic heterocycles.